The second kappa shape index (κ2) is 6.53. The third-order valence-corrected chi connectivity index (χ3v) is 4.03. The van der Waals surface area contributed by atoms with E-state index >= 15 is 0 Å². The molecule has 18 heavy (non-hydrogen) atoms. The minimum atomic E-state index is 0.180. The van der Waals surface area contributed by atoms with Gasteiger partial charge in [-0.25, -0.2) is 0 Å². The summed E-state index contributed by atoms with van der Waals surface area (Å²) in [6.07, 6.45) is 3.71. The first-order valence-electron chi connectivity index (χ1n) is 6.58. The van der Waals surface area contributed by atoms with Crippen molar-refractivity contribution in [3.05, 3.63) is 34.9 Å². The van der Waals surface area contributed by atoms with Crippen LogP contribution in [0, 0.1) is 0 Å². The van der Waals surface area contributed by atoms with E-state index in [-0.39, 0.29) is 12.6 Å². The fraction of sp³-hybridized carbons (Fsp3) is 0.571. The van der Waals surface area contributed by atoms with E-state index in [9.17, 15) is 5.11 Å². The molecule has 0 saturated heterocycles. The zero-order valence-corrected chi connectivity index (χ0v) is 11.3. The molecular formula is C14H21ClN2O. The standard InChI is InChI=1S/C14H21ClN2O/c15-12-6-4-11(5-7-12)14(10-16)17(8-9-18)13-2-1-3-13/h4-7,13-14,18H,1-3,8-10,16H2. The van der Waals surface area contributed by atoms with Crippen molar-refractivity contribution in [3.8, 4) is 0 Å². The van der Waals surface area contributed by atoms with Gasteiger partial charge in [0, 0.05) is 30.2 Å². The Morgan fingerprint density at radius 3 is 2.44 bits per heavy atom. The second-order valence-electron chi connectivity index (χ2n) is 4.85. The lowest BCUT2D eigenvalue weighted by Crippen LogP contribution is -2.46. The van der Waals surface area contributed by atoms with E-state index in [1.165, 1.54) is 24.8 Å². The number of aliphatic hydroxyl groups is 1. The quantitative estimate of drug-likeness (QED) is 0.832. The summed E-state index contributed by atoms with van der Waals surface area (Å²) >= 11 is 5.92. The summed E-state index contributed by atoms with van der Waals surface area (Å²) in [7, 11) is 0. The van der Waals surface area contributed by atoms with Gasteiger partial charge in [0.1, 0.15) is 0 Å². The molecule has 0 aliphatic heterocycles. The number of aliphatic hydroxyl groups excluding tert-OH is 1. The lowest BCUT2D eigenvalue weighted by Gasteiger charge is -2.42. The van der Waals surface area contributed by atoms with Gasteiger partial charge in [-0.05, 0) is 30.5 Å². The Morgan fingerprint density at radius 1 is 1.33 bits per heavy atom. The van der Waals surface area contributed by atoms with Crippen LogP contribution in [0.3, 0.4) is 0 Å². The largest absolute Gasteiger partial charge is 0.395 e. The summed E-state index contributed by atoms with van der Waals surface area (Å²) < 4.78 is 0. The highest BCUT2D eigenvalue weighted by Gasteiger charge is 2.30. The van der Waals surface area contributed by atoms with E-state index in [2.05, 4.69) is 4.90 Å². The van der Waals surface area contributed by atoms with Gasteiger partial charge in [0.15, 0.2) is 0 Å². The highest BCUT2D eigenvalue weighted by atomic mass is 35.5. The molecule has 1 aliphatic rings. The van der Waals surface area contributed by atoms with Crippen LogP contribution in [0.5, 0.6) is 0 Å². The fourth-order valence-electron chi connectivity index (χ4n) is 2.57. The highest BCUT2D eigenvalue weighted by Crippen LogP contribution is 2.32. The van der Waals surface area contributed by atoms with Crippen molar-refractivity contribution in [2.24, 2.45) is 5.73 Å². The van der Waals surface area contributed by atoms with Crippen molar-refractivity contribution >= 4 is 11.6 Å². The smallest absolute Gasteiger partial charge is 0.0558 e. The van der Waals surface area contributed by atoms with Crippen molar-refractivity contribution in [2.45, 2.75) is 31.3 Å². The molecule has 3 nitrogen and oxygen atoms in total. The number of nitrogens with zero attached hydrogens (tertiary/aromatic N) is 1. The molecule has 1 saturated carbocycles. The van der Waals surface area contributed by atoms with Crippen LogP contribution in [0.15, 0.2) is 24.3 Å². The van der Waals surface area contributed by atoms with Gasteiger partial charge in [0.2, 0.25) is 0 Å². The molecule has 1 aromatic rings. The molecule has 4 heteroatoms. The van der Waals surface area contributed by atoms with Crippen LogP contribution in [0.2, 0.25) is 5.02 Å². The summed E-state index contributed by atoms with van der Waals surface area (Å²) in [4.78, 5) is 2.34. The van der Waals surface area contributed by atoms with Gasteiger partial charge in [-0.15, -0.1) is 0 Å². The monoisotopic (exact) mass is 268 g/mol. The average molecular weight is 269 g/mol. The molecule has 0 radical (unpaired) electrons. The van der Waals surface area contributed by atoms with E-state index in [0.717, 1.165) is 5.02 Å². The Morgan fingerprint density at radius 2 is 2.00 bits per heavy atom. The number of halogens is 1. The number of nitrogens with two attached hydrogens (primary N) is 1. The lowest BCUT2D eigenvalue weighted by molar-refractivity contribution is 0.0623. The predicted molar refractivity (Wildman–Crippen MR) is 74.7 cm³/mol. The molecule has 1 aliphatic carbocycles. The molecule has 0 aromatic heterocycles. The maximum absolute atomic E-state index is 9.24. The number of hydrogen-bond donors (Lipinski definition) is 2. The van der Waals surface area contributed by atoms with E-state index in [1.54, 1.807) is 0 Å². The van der Waals surface area contributed by atoms with Crippen LogP contribution >= 0.6 is 11.6 Å². The van der Waals surface area contributed by atoms with Crippen LogP contribution in [0.4, 0.5) is 0 Å². The molecule has 1 fully saturated rings. The molecule has 0 bridgehead atoms. The molecule has 3 N–H and O–H groups in total. The van der Waals surface area contributed by atoms with Crippen molar-refractivity contribution in [3.63, 3.8) is 0 Å². The van der Waals surface area contributed by atoms with E-state index < -0.39 is 0 Å². The summed E-state index contributed by atoms with van der Waals surface area (Å²) in [5.41, 5.74) is 7.12. The highest BCUT2D eigenvalue weighted by molar-refractivity contribution is 6.30. The van der Waals surface area contributed by atoms with Gasteiger partial charge < -0.3 is 10.8 Å². The Balaban J connectivity index is 2.15. The van der Waals surface area contributed by atoms with Gasteiger partial charge in [-0.3, -0.25) is 4.90 Å². The molecule has 1 unspecified atom stereocenters. The lowest BCUT2D eigenvalue weighted by atomic mass is 9.89. The van der Waals surface area contributed by atoms with Crippen LogP contribution in [0.25, 0.3) is 0 Å². The third kappa shape index (κ3) is 3.04. The first-order chi connectivity index (χ1) is 8.76. The van der Waals surface area contributed by atoms with Gasteiger partial charge in [-0.1, -0.05) is 30.2 Å². The van der Waals surface area contributed by atoms with Gasteiger partial charge in [-0.2, -0.15) is 0 Å². The molecular weight excluding hydrogens is 248 g/mol. The van der Waals surface area contributed by atoms with Crippen LogP contribution in [-0.2, 0) is 0 Å². The van der Waals surface area contributed by atoms with Crippen molar-refractivity contribution in [2.75, 3.05) is 19.7 Å². The average Bonchev–Trinajstić information content (AvgIpc) is 2.30. The predicted octanol–water partition coefficient (Wildman–Crippen LogP) is 2.19. The van der Waals surface area contributed by atoms with E-state index in [1.807, 2.05) is 24.3 Å². The molecule has 100 valence electrons. The van der Waals surface area contributed by atoms with Gasteiger partial charge in [0.05, 0.1) is 6.61 Å². The zero-order valence-electron chi connectivity index (χ0n) is 10.6. The Hall–Kier alpha value is -0.610. The van der Waals surface area contributed by atoms with Gasteiger partial charge >= 0.3 is 0 Å². The van der Waals surface area contributed by atoms with Crippen LogP contribution < -0.4 is 5.73 Å². The Labute approximate surface area is 114 Å². The van der Waals surface area contributed by atoms with E-state index in [0.29, 0.717) is 19.1 Å². The van der Waals surface area contributed by atoms with Crippen molar-refractivity contribution < 1.29 is 5.11 Å². The first-order valence-corrected chi connectivity index (χ1v) is 6.96. The maximum Gasteiger partial charge on any atom is 0.0558 e. The maximum atomic E-state index is 9.24. The molecule has 1 aromatic carbocycles. The molecule has 1 atom stereocenters. The van der Waals surface area contributed by atoms with Crippen molar-refractivity contribution in [1.29, 1.82) is 0 Å². The summed E-state index contributed by atoms with van der Waals surface area (Å²) in [5, 5.41) is 9.98. The summed E-state index contributed by atoms with van der Waals surface area (Å²) in [6.45, 7) is 1.44. The number of benzene rings is 1. The normalized spacial score (nSPS) is 17.8. The molecule has 0 heterocycles. The van der Waals surface area contributed by atoms with Gasteiger partial charge in [0.25, 0.3) is 0 Å². The minimum absolute atomic E-state index is 0.180. The summed E-state index contributed by atoms with van der Waals surface area (Å²) in [5.74, 6) is 0. The SMILES string of the molecule is NCC(c1ccc(Cl)cc1)N(CCO)C1CCC1. The zero-order chi connectivity index (χ0) is 13.0. The molecule has 0 amide bonds. The number of rotatable bonds is 6. The van der Waals surface area contributed by atoms with Crippen LogP contribution in [0.1, 0.15) is 30.9 Å². The minimum Gasteiger partial charge on any atom is -0.395 e. The Bertz CT molecular complexity index is 365. The third-order valence-electron chi connectivity index (χ3n) is 3.78. The van der Waals surface area contributed by atoms with Crippen LogP contribution in [-0.4, -0.2) is 35.7 Å². The molecule has 2 rings (SSSR count). The topological polar surface area (TPSA) is 49.5 Å². The summed E-state index contributed by atoms with van der Waals surface area (Å²) in [6, 6.07) is 8.61. The Kier molecular flexibility index (Phi) is 5.01. The van der Waals surface area contributed by atoms with Crippen molar-refractivity contribution in [1.82, 2.24) is 4.90 Å². The number of hydrogen-bond acceptors (Lipinski definition) is 3. The first kappa shape index (κ1) is 13.8. The second-order valence-corrected chi connectivity index (χ2v) is 5.29. The fourth-order valence-corrected chi connectivity index (χ4v) is 2.70. The van der Waals surface area contributed by atoms with E-state index in [4.69, 9.17) is 17.3 Å². The molecule has 0 spiro atoms.